The third kappa shape index (κ3) is 2.94. The van der Waals surface area contributed by atoms with Crippen molar-refractivity contribution in [3.63, 3.8) is 0 Å². The highest BCUT2D eigenvalue weighted by molar-refractivity contribution is 7.93. The van der Waals surface area contributed by atoms with Crippen molar-refractivity contribution in [3.05, 3.63) is 24.3 Å². The Morgan fingerprint density at radius 3 is 2.28 bits per heavy atom. The molecule has 1 aromatic carbocycles. The molecule has 2 N–H and O–H groups in total. The van der Waals surface area contributed by atoms with Gasteiger partial charge in [-0.05, 0) is 30.7 Å². The van der Waals surface area contributed by atoms with Gasteiger partial charge in [-0.1, -0.05) is 6.92 Å². The Kier molecular flexibility index (Phi) is 4.98. The molecule has 0 bridgehead atoms. The first-order valence-electron chi connectivity index (χ1n) is 5.79. The minimum Gasteiger partial charge on any atom is -0.497 e. The quantitative estimate of drug-likeness (QED) is 0.844. The minimum absolute atomic E-state index is 0.124. The van der Waals surface area contributed by atoms with Crippen molar-refractivity contribution in [1.82, 2.24) is 0 Å². The van der Waals surface area contributed by atoms with E-state index in [1.54, 1.807) is 31.4 Å². The maximum atomic E-state index is 12.3. The van der Waals surface area contributed by atoms with Gasteiger partial charge in [-0.2, -0.15) is 0 Å². The molecule has 1 rings (SSSR count). The number of benzene rings is 1. The van der Waals surface area contributed by atoms with E-state index in [4.69, 9.17) is 10.5 Å². The van der Waals surface area contributed by atoms with E-state index in [0.29, 0.717) is 17.9 Å². The van der Waals surface area contributed by atoms with Crippen molar-refractivity contribution in [2.45, 2.75) is 18.6 Å². The summed E-state index contributed by atoms with van der Waals surface area (Å²) < 4.78 is 30.8. The Balaban J connectivity index is 3.01. The molecule has 0 saturated heterocycles. The average molecular weight is 272 g/mol. The van der Waals surface area contributed by atoms with Crippen LogP contribution in [0.3, 0.4) is 0 Å². The number of hydrogen-bond acceptors (Lipinski definition) is 4. The lowest BCUT2D eigenvalue weighted by atomic mass is 10.3. The smallest absolute Gasteiger partial charge is 0.239 e. The number of nitrogens with two attached hydrogens (primary N) is 1. The normalized spacial score (nSPS) is 13.1. The Morgan fingerprint density at radius 1 is 1.33 bits per heavy atom. The lowest BCUT2D eigenvalue weighted by Crippen LogP contribution is -2.40. The molecule has 0 radical (unpaired) electrons. The summed E-state index contributed by atoms with van der Waals surface area (Å²) in [7, 11) is -0.303. The van der Waals surface area contributed by atoms with Gasteiger partial charge in [0.1, 0.15) is 5.75 Å². The summed E-state index contributed by atoms with van der Waals surface area (Å²) in [5.74, 6) is 0.690. The van der Waals surface area contributed by atoms with E-state index in [-0.39, 0.29) is 6.54 Å². The highest BCUT2D eigenvalue weighted by atomic mass is 32.2. The standard InChI is InChI=1S/C12H20N2O3S/c1-4-12(9-13)18(15,16)14(2)10-5-7-11(17-3)8-6-10/h5-8,12H,4,9,13H2,1-3H3. The molecule has 1 atom stereocenters. The fourth-order valence-corrected chi connectivity index (χ4v) is 3.19. The van der Waals surface area contributed by atoms with E-state index in [0.717, 1.165) is 0 Å². The second kappa shape index (κ2) is 6.06. The van der Waals surface area contributed by atoms with Crippen molar-refractivity contribution in [2.75, 3.05) is 25.0 Å². The van der Waals surface area contributed by atoms with Crippen LogP contribution in [0.2, 0.25) is 0 Å². The summed E-state index contributed by atoms with van der Waals surface area (Å²) in [6.45, 7) is 1.94. The van der Waals surface area contributed by atoms with Crippen molar-refractivity contribution in [1.29, 1.82) is 0 Å². The van der Waals surface area contributed by atoms with Crippen LogP contribution in [0.5, 0.6) is 5.75 Å². The molecule has 5 nitrogen and oxygen atoms in total. The molecule has 102 valence electrons. The third-order valence-corrected chi connectivity index (χ3v) is 5.30. The summed E-state index contributed by atoms with van der Waals surface area (Å²) in [6, 6.07) is 6.87. The highest BCUT2D eigenvalue weighted by Gasteiger charge is 2.27. The molecule has 1 unspecified atom stereocenters. The summed E-state index contributed by atoms with van der Waals surface area (Å²) in [4.78, 5) is 0. The first-order valence-corrected chi connectivity index (χ1v) is 7.29. The number of ether oxygens (including phenoxy) is 1. The number of methoxy groups -OCH3 is 1. The zero-order chi connectivity index (χ0) is 13.8. The molecule has 1 aromatic rings. The molecular weight excluding hydrogens is 252 g/mol. The number of nitrogens with zero attached hydrogens (tertiary/aromatic N) is 1. The van der Waals surface area contributed by atoms with Crippen LogP contribution in [0, 0.1) is 0 Å². The van der Waals surface area contributed by atoms with Crippen LogP contribution in [0.15, 0.2) is 24.3 Å². The van der Waals surface area contributed by atoms with E-state index >= 15 is 0 Å². The first-order chi connectivity index (χ1) is 8.47. The molecule has 0 spiro atoms. The van der Waals surface area contributed by atoms with Gasteiger partial charge in [0.2, 0.25) is 10.0 Å². The Labute approximate surface area is 109 Å². The van der Waals surface area contributed by atoms with Crippen molar-refractivity contribution in [2.24, 2.45) is 5.73 Å². The second-order valence-electron chi connectivity index (χ2n) is 3.98. The van der Waals surface area contributed by atoms with E-state index in [9.17, 15) is 8.42 Å². The summed E-state index contributed by atoms with van der Waals surface area (Å²) in [5.41, 5.74) is 6.10. The van der Waals surface area contributed by atoms with Crippen LogP contribution in [0.1, 0.15) is 13.3 Å². The van der Waals surface area contributed by atoms with Crippen LogP contribution in [0.4, 0.5) is 5.69 Å². The van der Waals surface area contributed by atoms with Gasteiger partial charge in [0.05, 0.1) is 18.0 Å². The molecule has 0 aromatic heterocycles. The fraction of sp³-hybridized carbons (Fsp3) is 0.500. The van der Waals surface area contributed by atoms with Gasteiger partial charge >= 0.3 is 0 Å². The van der Waals surface area contributed by atoms with Crippen molar-refractivity contribution < 1.29 is 13.2 Å². The average Bonchev–Trinajstić information content (AvgIpc) is 2.39. The topological polar surface area (TPSA) is 72.6 Å². The largest absolute Gasteiger partial charge is 0.497 e. The molecule has 0 aliphatic rings. The third-order valence-electron chi connectivity index (χ3n) is 2.96. The van der Waals surface area contributed by atoms with Gasteiger partial charge in [-0.15, -0.1) is 0 Å². The minimum atomic E-state index is -3.41. The lowest BCUT2D eigenvalue weighted by molar-refractivity contribution is 0.415. The number of anilines is 1. The van der Waals surface area contributed by atoms with Crippen LogP contribution in [-0.4, -0.2) is 34.4 Å². The lowest BCUT2D eigenvalue weighted by Gasteiger charge is -2.24. The zero-order valence-corrected chi connectivity index (χ0v) is 11.8. The summed E-state index contributed by atoms with van der Waals surface area (Å²) >= 11 is 0. The summed E-state index contributed by atoms with van der Waals surface area (Å²) in [5, 5.41) is -0.551. The zero-order valence-electron chi connectivity index (χ0n) is 11.0. The molecule has 6 heteroatoms. The fourth-order valence-electron chi connectivity index (χ4n) is 1.66. The number of rotatable bonds is 6. The first kappa shape index (κ1) is 14.8. The SMILES string of the molecule is CCC(CN)S(=O)(=O)N(C)c1ccc(OC)cc1. The van der Waals surface area contributed by atoms with Gasteiger partial charge < -0.3 is 10.5 Å². The Bertz CT molecular complexity index is 467. The molecule has 0 heterocycles. The predicted octanol–water partition coefficient (Wildman–Crippen LogP) is 1.20. The Morgan fingerprint density at radius 2 is 1.89 bits per heavy atom. The van der Waals surface area contributed by atoms with Gasteiger partial charge in [0.25, 0.3) is 0 Å². The van der Waals surface area contributed by atoms with E-state index in [1.165, 1.54) is 11.4 Å². The molecule has 0 amide bonds. The van der Waals surface area contributed by atoms with Crippen molar-refractivity contribution >= 4 is 15.7 Å². The maximum absolute atomic E-state index is 12.3. The monoisotopic (exact) mass is 272 g/mol. The molecule has 0 aliphatic heterocycles. The van der Waals surface area contributed by atoms with Crippen LogP contribution in [0.25, 0.3) is 0 Å². The number of hydrogen-bond donors (Lipinski definition) is 1. The van der Waals surface area contributed by atoms with E-state index in [2.05, 4.69) is 0 Å². The number of sulfonamides is 1. The molecule has 0 aliphatic carbocycles. The van der Waals surface area contributed by atoms with E-state index in [1.807, 2.05) is 6.92 Å². The van der Waals surface area contributed by atoms with Crippen LogP contribution >= 0.6 is 0 Å². The molecule has 18 heavy (non-hydrogen) atoms. The van der Waals surface area contributed by atoms with Crippen molar-refractivity contribution in [3.8, 4) is 5.75 Å². The Hall–Kier alpha value is -1.27. The van der Waals surface area contributed by atoms with Crippen LogP contribution in [-0.2, 0) is 10.0 Å². The van der Waals surface area contributed by atoms with Gasteiger partial charge in [0.15, 0.2) is 0 Å². The van der Waals surface area contributed by atoms with Gasteiger partial charge in [-0.3, -0.25) is 4.31 Å². The molecule has 0 saturated carbocycles. The molecular formula is C12H20N2O3S. The molecule has 0 fully saturated rings. The highest BCUT2D eigenvalue weighted by Crippen LogP contribution is 2.22. The van der Waals surface area contributed by atoms with Gasteiger partial charge in [-0.25, -0.2) is 8.42 Å². The van der Waals surface area contributed by atoms with Crippen LogP contribution < -0.4 is 14.8 Å². The summed E-state index contributed by atoms with van der Waals surface area (Å²) in [6.07, 6.45) is 0.499. The van der Waals surface area contributed by atoms with Gasteiger partial charge in [0, 0.05) is 13.6 Å². The second-order valence-corrected chi connectivity index (χ2v) is 6.22. The van der Waals surface area contributed by atoms with E-state index < -0.39 is 15.3 Å². The predicted molar refractivity (Wildman–Crippen MR) is 73.5 cm³/mol. The maximum Gasteiger partial charge on any atom is 0.239 e.